The Bertz CT molecular complexity index is 225. The van der Waals surface area contributed by atoms with Gasteiger partial charge in [0.05, 0.1) is 0 Å². The van der Waals surface area contributed by atoms with Crippen LogP contribution >= 0.6 is 0 Å². The van der Waals surface area contributed by atoms with Crippen molar-refractivity contribution in [1.82, 2.24) is 10.4 Å². The van der Waals surface area contributed by atoms with Gasteiger partial charge in [0.2, 0.25) is 0 Å². The standard InChI is InChI=1S/C11H24N2OSi/c1-11(2,3)15(4,5)14-10-9-13-8-6-7-12-13/h6-7,12H,8-10H2,1-5H3. The highest BCUT2D eigenvalue weighted by atomic mass is 28.4. The Balaban J connectivity index is 2.24. The van der Waals surface area contributed by atoms with E-state index >= 15 is 0 Å². The first-order chi connectivity index (χ1) is 6.83. The molecule has 0 aliphatic carbocycles. The lowest BCUT2D eigenvalue weighted by Gasteiger charge is -2.36. The molecule has 0 bridgehead atoms. The molecule has 1 rings (SSSR count). The molecule has 0 saturated heterocycles. The Labute approximate surface area is 94.6 Å². The van der Waals surface area contributed by atoms with Gasteiger partial charge < -0.3 is 9.85 Å². The minimum atomic E-state index is -1.55. The van der Waals surface area contributed by atoms with Gasteiger partial charge in [0.25, 0.3) is 0 Å². The third kappa shape index (κ3) is 3.63. The van der Waals surface area contributed by atoms with Gasteiger partial charge in [0, 0.05) is 25.9 Å². The SMILES string of the molecule is CC(C)(C)[Si](C)(C)OCCN1CC=CN1. The Morgan fingerprint density at radius 2 is 2.07 bits per heavy atom. The van der Waals surface area contributed by atoms with Crippen LogP contribution in [0.25, 0.3) is 0 Å². The maximum Gasteiger partial charge on any atom is 0.192 e. The van der Waals surface area contributed by atoms with Crippen LogP contribution in [0.4, 0.5) is 0 Å². The largest absolute Gasteiger partial charge is 0.415 e. The van der Waals surface area contributed by atoms with Crippen molar-refractivity contribution in [2.45, 2.75) is 38.9 Å². The van der Waals surface area contributed by atoms with E-state index in [1.54, 1.807) is 0 Å². The topological polar surface area (TPSA) is 24.5 Å². The van der Waals surface area contributed by atoms with Gasteiger partial charge in [0.15, 0.2) is 8.32 Å². The molecule has 1 heterocycles. The van der Waals surface area contributed by atoms with Crippen LogP contribution in [0.5, 0.6) is 0 Å². The number of hydrogen-bond donors (Lipinski definition) is 1. The summed E-state index contributed by atoms with van der Waals surface area (Å²) in [4.78, 5) is 0. The molecule has 0 fully saturated rings. The first-order valence-electron chi connectivity index (χ1n) is 5.63. The van der Waals surface area contributed by atoms with E-state index in [0.29, 0.717) is 5.04 Å². The van der Waals surface area contributed by atoms with Gasteiger partial charge in [-0.2, -0.15) is 0 Å². The summed E-state index contributed by atoms with van der Waals surface area (Å²) in [6, 6.07) is 0. The van der Waals surface area contributed by atoms with Gasteiger partial charge in [-0.3, -0.25) is 0 Å². The Hall–Kier alpha value is -0.323. The van der Waals surface area contributed by atoms with E-state index in [1.165, 1.54) is 0 Å². The van der Waals surface area contributed by atoms with Gasteiger partial charge in [-0.25, -0.2) is 5.01 Å². The molecule has 4 heteroatoms. The molecule has 0 aromatic heterocycles. The summed E-state index contributed by atoms with van der Waals surface area (Å²) in [7, 11) is -1.55. The summed E-state index contributed by atoms with van der Waals surface area (Å²) < 4.78 is 6.09. The third-order valence-corrected chi connectivity index (χ3v) is 7.87. The maximum absolute atomic E-state index is 6.09. The summed E-state index contributed by atoms with van der Waals surface area (Å²) in [5.74, 6) is 0. The van der Waals surface area contributed by atoms with E-state index in [0.717, 1.165) is 19.7 Å². The van der Waals surface area contributed by atoms with Crippen molar-refractivity contribution in [1.29, 1.82) is 0 Å². The number of rotatable bonds is 4. The molecular formula is C11H24N2OSi. The van der Waals surface area contributed by atoms with Crippen LogP contribution in [0, 0.1) is 0 Å². The molecule has 0 aromatic rings. The Kier molecular flexibility index (Phi) is 3.97. The predicted molar refractivity (Wildman–Crippen MR) is 67.0 cm³/mol. The van der Waals surface area contributed by atoms with Crippen molar-refractivity contribution in [2.24, 2.45) is 0 Å². The molecule has 1 aliphatic rings. The third-order valence-electron chi connectivity index (χ3n) is 3.33. The van der Waals surface area contributed by atoms with Crippen LogP contribution in [0.15, 0.2) is 12.3 Å². The first-order valence-corrected chi connectivity index (χ1v) is 8.54. The molecule has 0 radical (unpaired) electrons. The summed E-state index contributed by atoms with van der Waals surface area (Å²) in [6.07, 6.45) is 4.10. The van der Waals surface area contributed by atoms with Gasteiger partial charge in [-0.15, -0.1) is 0 Å². The van der Waals surface area contributed by atoms with Crippen LogP contribution < -0.4 is 5.43 Å². The molecule has 0 saturated carbocycles. The lowest BCUT2D eigenvalue weighted by Crippen LogP contribution is -2.43. The summed E-state index contributed by atoms with van der Waals surface area (Å²) in [5.41, 5.74) is 3.17. The average Bonchev–Trinajstić information content (AvgIpc) is 2.54. The zero-order valence-corrected chi connectivity index (χ0v) is 11.6. The monoisotopic (exact) mass is 228 g/mol. The minimum Gasteiger partial charge on any atom is -0.415 e. The lowest BCUT2D eigenvalue weighted by atomic mass is 10.2. The molecule has 3 nitrogen and oxygen atoms in total. The number of nitrogens with zero attached hydrogens (tertiary/aromatic N) is 1. The van der Waals surface area contributed by atoms with E-state index in [-0.39, 0.29) is 0 Å². The fourth-order valence-corrected chi connectivity index (χ4v) is 2.21. The fraction of sp³-hybridized carbons (Fsp3) is 0.818. The molecule has 0 amide bonds. The molecule has 15 heavy (non-hydrogen) atoms. The van der Waals surface area contributed by atoms with Gasteiger partial charge in [0.1, 0.15) is 0 Å². The Morgan fingerprint density at radius 1 is 1.40 bits per heavy atom. The number of hydrazine groups is 1. The maximum atomic E-state index is 6.09. The summed E-state index contributed by atoms with van der Waals surface area (Å²) >= 11 is 0. The van der Waals surface area contributed by atoms with Crippen LogP contribution in [-0.4, -0.2) is 33.0 Å². The van der Waals surface area contributed by atoms with Gasteiger partial charge in [-0.05, 0) is 18.1 Å². The average molecular weight is 228 g/mol. The normalized spacial score (nSPS) is 18.2. The van der Waals surface area contributed by atoms with Crippen molar-refractivity contribution in [3.63, 3.8) is 0 Å². The van der Waals surface area contributed by atoms with E-state index < -0.39 is 8.32 Å². The van der Waals surface area contributed by atoms with E-state index in [4.69, 9.17) is 4.43 Å². The zero-order valence-electron chi connectivity index (χ0n) is 10.6. The van der Waals surface area contributed by atoms with E-state index in [9.17, 15) is 0 Å². The number of hydrogen-bond acceptors (Lipinski definition) is 3. The molecule has 1 N–H and O–H groups in total. The molecule has 88 valence electrons. The van der Waals surface area contributed by atoms with Crippen molar-refractivity contribution in [3.8, 4) is 0 Å². The van der Waals surface area contributed by atoms with E-state index in [1.807, 2.05) is 6.20 Å². The molecule has 0 atom stereocenters. The molecule has 0 unspecified atom stereocenters. The van der Waals surface area contributed by atoms with Gasteiger partial charge >= 0.3 is 0 Å². The van der Waals surface area contributed by atoms with Crippen molar-refractivity contribution in [3.05, 3.63) is 12.3 Å². The highest BCUT2D eigenvalue weighted by Gasteiger charge is 2.36. The van der Waals surface area contributed by atoms with Crippen LogP contribution in [0.3, 0.4) is 0 Å². The molecule has 0 spiro atoms. The molecular weight excluding hydrogens is 204 g/mol. The highest BCUT2D eigenvalue weighted by molar-refractivity contribution is 6.74. The first kappa shape index (κ1) is 12.7. The molecule has 1 aliphatic heterocycles. The number of nitrogens with one attached hydrogen (secondary N) is 1. The van der Waals surface area contributed by atoms with E-state index in [2.05, 4.69) is 50.4 Å². The summed E-state index contributed by atoms with van der Waals surface area (Å²) in [5, 5.41) is 2.47. The van der Waals surface area contributed by atoms with Gasteiger partial charge in [-0.1, -0.05) is 26.8 Å². The second kappa shape index (κ2) is 4.68. The second-order valence-corrected chi connectivity index (χ2v) is 10.4. The predicted octanol–water partition coefficient (Wildman–Crippen LogP) is 2.34. The van der Waals surface area contributed by atoms with Crippen LogP contribution in [0.2, 0.25) is 18.1 Å². The second-order valence-electron chi connectivity index (χ2n) is 5.59. The van der Waals surface area contributed by atoms with Crippen LogP contribution in [-0.2, 0) is 4.43 Å². The zero-order chi connectivity index (χ0) is 11.5. The highest BCUT2D eigenvalue weighted by Crippen LogP contribution is 2.36. The van der Waals surface area contributed by atoms with Crippen molar-refractivity contribution < 1.29 is 4.43 Å². The van der Waals surface area contributed by atoms with Crippen molar-refractivity contribution >= 4 is 8.32 Å². The van der Waals surface area contributed by atoms with Crippen molar-refractivity contribution in [2.75, 3.05) is 19.7 Å². The molecule has 0 aromatic carbocycles. The minimum absolute atomic E-state index is 0.309. The summed E-state index contributed by atoms with van der Waals surface area (Å²) in [6.45, 7) is 14.2. The smallest absolute Gasteiger partial charge is 0.192 e. The Morgan fingerprint density at radius 3 is 2.53 bits per heavy atom. The quantitative estimate of drug-likeness (QED) is 0.748. The lowest BCUT2D eigenvalue weighted by molar-refractivity contribution is 0.191. The fourth-order valence-electron chi connectivity index (χ4n) is 1.17. The van der Waals surface area contributed by atoms with Crippen LogP contribution in [0.1, 0.15) is 20.8 Å².